The number of alkyl halides is 1. The zero-order valence-electron chi connectivity index (χ0n) is 9.97. The van der Waals surface area contributed by atoms with Crippen LogP contribution < -0.4 is 5.73 Å². The zero-order valence-corrected chi connectivity index (χ0v) is 10.7. The average molecular weight is 226 g/mol. The third-order valence-electron chi connectivity index (χ3n) is 2.71. The summed E-state index contributed by atoms with van der Waals surface area (Å²) in [6.45, 7) is 8.68. The predicted octanol–water partition coefficient (Wildman–Crippen LogP) is 3.53. The van der Waals surface area contributed by atoms with Gasteiger partial charge in [-0.25, -0.2) is 0 Å². The van der Waals surface area contributed by atoms with Crippen molar-refractivity contribution < 1.29 is 0 Å². The average Bonchev–Trinajstić information content (AvgIpc) is 2.15. The molecule has 1 aromatic rings. The summed E-state index contributed by atoms with van der Waals surface area (Å²) in [6, 6.07) is 6.42. The third-order valence-corrected chi connectivity index (χ3v) is 3.04. The molecule has 0 spiro atoms. The first kappa shape index (κ1) is 12.5. The van der Waals surface area contributed by atoms with Crippen LogP contribution in [0.5, 0.6) is 0 Å². The summed E-state index contributed by atoms with van der Waals surface area (Å²) in [5.74, 6) is 0.467. The number of aryl methyl sites for hydroxylation is 1. The predicted molar refractivity (Wildman–Crippen MR) is 67.5 cm³/mol. The molecule has 0 aliphatic carbocycles. The topological polar surface area (TPSA) is 26.0 Å². The first-order valence-electron chi connectivity index (χ1n) is 5.29. The highest BCUT2D eigenvalue weighted by Gasteiger charge is 2.16. The fourth-order valence-corrected chi connectivity index (χ4v) is 1.76. The largest absolute Gasteiger partial charge is 0.323 e. The molecule has 0 radical (unpaired) electrons. The van der Waals surface area contributed by atoms with Gasteiger partial charge in [-0.2, -0.15) is 0 Å². The molecule has 0 heterocycles. The monoisotopic (exact) mass is 225 g/mol. The highest BCUT2D eigenvalue weighted by Crippen LogP contribution is 2.26. The summed E-state index contributed by atoms with van der Waals surface area (Å²) in [4.78, 5) is 0. The Hall–Kier alpha value is -0.530. The Morgan fingerprint density at radius 3 is 2.40 bits per heavy atom. The lowest BCUT2D eigenvalue weighted by Crippen LogP contribution is -2.16. The molecule has 0 fully saturated rings. The van der Waals surface area contributed by atoms with Crippen molar-refractivity contribution in [1.29, 1.82) is 0 Å². The number of nitrogens with two attached hydrogens (primary N) is 1. The maximum absolute atomic E-state index is 5.98. The summed E-state index contributed by atoms with van der Waals surface area (Å²) in [5.41, 5.74) is 9.83. The number of rotatable bonds is 2. The van der Waals surface area contributed by atoms with Gasteiger partial charge < -0.3 is 5.73 Å². The minimum absolute atomic E-state index is 0.0611. The Balaban J connectivity index is 3.17. The fourth-order valence-electron chi connectivity index (χ4n) is 1.59. The van der Waals surface area contributed by atoms with Crippen molar-refractivity contribution >= 4 is 11.6 Å². The molecular formula is C13H20ClN. The van der Waals surface area contributed by atoms with Gasteiger partial charge in [0.15, 0.2) is 0 Å². The van der Waals surface area contributed by atoms with Crippen molar-refractivity contribution in [2.75, 3.05) is 5.88 Å². The Labute approximate surface area is 97.6 Å². The van der Waals surface area contributed by atoms with Gasteiger partial charge in [0.2, 0.25) is 0 Å². The van der Waals surface area contributed by atoms with Crippen LogP contribution in [0.4, 0.5) is 0 Å². The lowest BCUT2D eigenvalue weighted by Gasteiger charge is -2.22. The van der Waals surface area contributed by atoms with E-state index in [1.165, 1.54) is 11.1 Å². The van der Waals surface area contributed by atoms with Crippen LogP contribution in [0.2, 0.25) is 0 Å². The molecule has 1 unspecified atom stereocenters. The maximum atomic E-state index is 5.98. The second kappa shape index (κ2) is 4.54. The zero-order chi connectivity index (χ0) is 11.6. The minimum atomic E-state index is -0.0611. The van der Waals surface area contributed by atoms with Crippen molar-refractivity contribution in [3.8, 4) is 0 Å². The minimum Gasteiger partial charge on any atom is -0.323 e. The molecule has 0 aliphatic rings. The van der Waals surface area contributed by atoms with Crippen molar-refractivity contribution in [2.24, 2.45) is 5.73 Å². The lowest BCUT2D eigenvalue weighted by atomic mass is 9.84. The number of hydrogen-bond acceptors (Lipinski definition) is 1. The molecule has 15 heavy (non-hydrogen) atoms. The second-order valence-corrected chi connectivity index (χ2v) is 5.39. The van der Waals surface area contributed by atoms with Gasteiger partial charge in [0.05, 0.1) is 0 Å². The summed E-state index contributed by atoms with van der Waals surface area (Å²) < 4.78 is 0. The van der Waals surface area contributed by atoms with Gasteiger partial charge in [-0.1, -0.05) is 39.0 Å². The second-order valence-electron chi connectivity index (χ2n) is 5.08. The summed E-state index contributed by atoms with van der Waals surface area (Å²) in [7, 11) is 0. The van der Waals surface area contributed by atoms with Gasteiger partial charge in [0.25, 0.3) is 0 Å². The van der Waals surface area contributed by atoms with Crippen LogP contribution in [0.25, 0.3) is 0 Å². The fraction of sp³-hybridized carbons (Fsp3) is 0.538. The Morgan fingerprint density at radius 2 is 1.93 bits per heavy atom. The molecule has 2 N–H and O–H groups in total. The molecule has 1 atom stereocenters. The first-order chi connectivity index (χ1) is 6.86. The molecule has 0 saturated carbocycles. The van der Waals surface area contributed by atoms with E-state index in [2.05, 4.69) is 45.9 Å². The van der Waals surface area contributed by atoms with Gasteiger partial charge in [0, 0.05) is 11.9 Å². The smallest absolute Gasteiger partial charge is 0.0435 e. The maximum Gasteiger partial charge on any atom is 0.0435 e. The Morgan fingerprint density at radius 1 is 1.33 bits per heavy atom. The van der Waals surface area contributed by atoms with Crippen LogP contribution in [-0.4, -0.2) is 5.88 Å². The van der Waals surface area contributed by atoms with E-state index in [1.807, 2.05) is 0 Å². The van der Waals surface area contributed by atoms with Crippen LogP contribution >= 0.6 is 11.6 Å². The summed E-state index contributed by atoms with van der Waals surface area (Å²) >= 11 is 5.80. The van der Waals surface area contributed by atoms with Crippen LogP contribution in [-0.2, 0) is 5.41 Å². The molecule has 1 rings (SSSR count). The van der Waals surface area contributed by atoms with Crippen molar-refractivity contribution in [2.45, 2.75) is 39.2 Å². The Bertz CT molecular complexity index is 339. The van der Waals surface area contributed by atoms with E-state index in [4.69, 9.17) is 17.3 Å². The quantitative estimate of drug-likeness (QED) is 0.766. The summed E-state index contributed by atoms with van der Waals surface area (Å²) in [5, 5.41) is 0. The van der Waals surface area contributed by atoms with E-state index in [0.29, 0.717) is 5.88 Å². The Kier molecular flexibility index (Phi) is 3.80. The van der Waals surface area contributed by atoms with Crippen molar-refractivity contribution in [3.05, 3.63) is 34.9 Å². The first-order valence-corrected chi connectivity index (χ1v) is 5.82. The van der Waals surface area contributed by atoms with Gasteiger partial charge >= 0.3 is 0 Å². The number of halogens is 1. The molecule has 1 aromatic carbocycles. The standard InChI is InChI=1S/C13H20ClN/c1-9-5-6-10(13(2,3)4)7-11(9)12(15)8-14/h5-7,12H,8,15H2,1-4H3. The molecule has 1 nitrogen and oxygen atoms in total. The SMILES string of the molecule is Cc1ccc(C(C)(C)C)cc1C(N)CCl. The van der Waals surface area contributed by atoms with Crippen LogP contribution in [0.3, 0.4) is 0 Å². The molecule has 0 aliphatic heterocycles. The van der Waals surface area contributed by atoms with Crippen LogP contribution in [0.15, 0.2) is 18.2 Å². The molecule has 84 valence electrons. The summed E-state index contributed by atoms with van der Waals surface area (Å²) in [6.07, 6.45) is 0. The number of benzene rings is 1. The molecule has 2 heteroatoms. The van der Waals surface area contributed by atoms with Crippen molar-refractivity contribution in [1.82, 2.24) is 0 Å². The van der Waals surface area contributed by atoms with E-state index in [-0.39, 0.29) is 11.5 Å². The van der Waals surface area contributed by atoms with E-state index in [9.17, 15) is 0 Å². The van der Waals surface area contributed by atoms with E-state index < -0.39 is 0 Å². The molecular weight excluding hydrogens is 206 g/mol. The van der Waals surface area contributed by atoms with Gasteiger partial charge in [-0.05, 0) is 29.0 Å². The highest BCUT2D eigenvalue weighted by atomic mass is 35.5. The molecule has 0 bridgehead atoms. The van der Waals surface area contributed by atoms with Gasteiger partial charge in [-0.3, -0.25) is 0 Å². The molecule has 0 aromatic heterocycles. The van der Waals surface area contributed by atoms with Crippen LogP contribution in [0.1, 0.15) is 43.5 Å². The van der Waals surface area contributed by atoms with E-state index in [1.54, 1.807) is 0 Å². The molecule has 0 saturated heterocycles. The number of hydrogen-bond donors (Lipinski definition) is 1. The molecule has 0 amide bonds. The van der Waals surface area contributed by atoms with Crippen LogP contribution in [0, 0.1) is 6.92 Å². The lowest BCUT2D eigenvalue weighted by molar-refractivity contribution is 0.588. The van der Waals surface area contributed by atoms with Crippen molar-refractivity contribution in [3.63, 3.8) is 0 Å². The van der Waals surface area contributed by atoms with E-state index in [0.717, 1.165) is 5.56 Å². The van der Waals surface area contributed by atoms with Gasteiger partial charge in [0.1, 0.15) is 0 Å². The highest BCUT2D eigenvalue weighted by molar-refractivity contribution is 6.18. The normalized spacial score (nSPS) is 14.0. The van der Waals surface area contributed by atoms with Gasteiger partial charge in [-0.15, -0.1) is 11.6 Å². The van der Waals surface area contributed by atoms with E-state index >= 15 is 0 Å². The third kappa shape index (κ3) is 2.96.